The number of carboxylic acid groups (broad SMARTS) is 1. The smallest absolute Gasteiger partial charge is 0.407 e. The minimum absolute atomic E-state index is 0.0103. The van der Waals surface area contributed by atoms with Gasteiger partial charge in [0.15, 0.2) is 0 Å². The van der Waals surface area contributed by atoms with Gasteiger partial charge in [-0.3, -0.25) is 14.7 Å². The Labute approximate surface area is 202 Å². The summed E-state index contributed by atoms with van der Waals surface area (Å²) in [5.74, 6) is 0.751. The van der Waals surface area contributed by atoms with Crippen molar-refractivity contribution in [2.45, 2.75) is 51.7 Å². The zero-order valence-electron chi connectivity index (χ0n) is 20.6. The zero-order valence-corrected chi connectivity index (χ0v) is 20.6. The monoisotopic (exact) mass is 464 g/mol. The van der Waals surface area contributed by atoms with Crippen LogP contribution >= 0.6 is 0 Å². The van der Waals surface area contributed by atoms with Gasteiger partial charge in [0.05, 0.1) is 5.69 Å². The number of carbonyl (C=O) groups is 2. The molecule has 34 heavy (non-hydrogen) atoms. The van der Waals surface area contributed by atoms with Crippen LogP contribution in [0, 0.1) is 11.8 Å². The summed E-state index contributed by atoms with van der Waals surface area (Å²) in [6, 6.07) is 12.8. The van der Waals surface area contributed by atoms with Crippen LogP contribution in [0.4, 0.5) is 4.79 Å². The Morgan fingerprint density at radius 1 is 1.09 bits per heavy atom. The molecule has 4 rings (SSSR count). The molecule has 2 amide bonds. The van der Waals surface area contributed by atoms with E-state index in [0.29, 0.717) is 42.6 Å². The first-order valence-corrected chi connectivity index (χ1v) is 12.2. The van der Waals surface area contributed by atoms with E-state index in [-0.39, 0.29) is 5.91 Å². The second-order valence-corrected chi connectivity index (χ2v) is 10.2. The van der Waals surface area contributed by atoms with Crippen LogP contribution in [-0.2, 0) is 6.54 Å². The molecule has 1 N–H and O–H groups in total. The molecule has 1 saturated heterocycles. The second kappa shape index (κ2) is 10.1. The lowest BCUT2D eigenvalue weighted by atomic mass is 9.82. The third-order valence-corrected chi connectivity index (χ3v) is 7.21. The summed E-state index contributed by atoms with van der Waals surface area (Å²) in [6.45, 7) is 6.49. The number of amides is 2. The van der Waals surface area contributed by atoms with Crippen LogP contribution in [0.2, 0.25) is 0 Å². The predicted octanol–water partition coefficient (Wildman–Crippen LogP) is 4.44. The maximum atomic E-state index is 12.1. The van der Waals surface area contributed by atoms with Crippen molar-refractivity contribution < 1.29 is 14.7 Å². The van der Waals surface area contributed by atoms with Gasteiger partial charge in [-0.2, -0.15) is 0 Å². The van der Waals surface area contributed by atoms with Crippen LogP contribution in [0.15, 0.2) is 42.6 Å². The number of benzene rings is 1. The van der Waals surface area contributed by atoms with E-state index in [9.17, 15) is 14.7 Å². The first-order chi connectivity index (χ1) is 16.2. The van der Waals surface area contributed by atoms with Crippen molar-refractivity contribution >= 4 is 12.0 Å². The van der Waals surface area contributed by atoms with Gasteiger partial charge in [-0.1, -0.05) is 32.0 Å². The van der Waals surface area contributed by atoms with Crippen molar-refractivity contribution in [2.75, 3.05) is 27.2 Å². The van der Waals surface area contributed by atoms with Gasteiger partial charge in [-0.25, -0.2) is 4.79 Å². The summed E-state index contributed by atoms with van der Waals surface area (Å²) >= 11 is 0. The van der Waals surface area contributed by atoms with Gasteiger partial charge in [0.2, 0.25) is 0 Å². The van der Waals surface area contributed by atoms with Gasteiger partial charge in [-0.05, 0) is 54.9 Å². The van der Waals surface area contributed by atoms with Crippen molar-refractivity contribution in [3.8, 4) is 11.3 Å². The SMILES string of the molecule is CC(C)C1CN(C(=O)O)CCC1N(Cc1ccc(-c2ccc(C(=O)N(C)C)cc2)nc1)C1CC1. The van der Waals surface area contributed by atoms with Crippen LogP contribution in [0.3, 0.4) is 0 Å². The molecule has 7 nitrogen and oxygen atoms in total. The number of aromatic nitrogens is 1. The normalized spacial score (nSPS) is 20.6. The van der Waals surface area contributed by atoms with Gasteiger partial charge < -0.3 is 14.9 Å². The summed E-state index contributed by atoms with van der Waals surface area (Å²) in [5.41, 5.74) is 3.72. The average Bonchev–Trinajstić information content (AvgIpc) is 3.67. The number of piperidine rings is 1. The Morgan fingerprint density at radius 2 is 1.79 bits per heavy atom. The standard InChI is InChI=1S/C27H36N4O3/c1-18(2)23-17-30(27(33)34)14-13-25(23)31(22-10-11-22)16-19-5-12-24(28-15-19)20-6-8-21(9-7-20)26(32)29(3)4/h5-9,12,15,18,22-23,25H,10-11,13-14,16-17H2,1-4H3,(H,33,34). The Balaban J connectivity index is 1.47. The number of hydrogen-bond donors (Lipinski definition) is 1. The first kappa shape index (κ1) is 24.2. The van der Waals surface area contributed by atoms with Crippen molar-refractivity contribution in [3.05, 3.63) is 53.7 Å². The molecule has 1 aromatic heterocycles. The number of pyridine rings is 1. The van der Waals surface area contributed by atoms with Gasteiger partial charge in [0.25, 0.3) is 5.91 Å². The summed E-state index contributed by atoms with van der Waals surface area (Å²) < 4.78 is 0. The molecule has 1 aromatic carbocycles. The molecule has 2 fully saturated rings. The highest BCUT2D eigenvalue weighted by atomic mass is 16.4. The lowest BCUT2D eigenvalue weighted by Gasteiger charge is -2.45. The molecule has 2 atom stereocenters. The fourth-order valence-electron chi connectivity index (χ4n) is 5.07. The number of rotatable bonds is 7. The minimum Gasteiger partial charge on any atom is -0.465 e. The maximum absolute atomic E-state index is 12.1. The maximum Gasteiger partial charge on any atom is 0.407 e. The first-order valence-electron chi connectivity index (χ1n) is 12.2. The minimum atomic E-state index is -0.805. The number of likely N-dealkylation sites (tertiary alicyclic amines) is 1. The largest absolute Gasteiger partial charge is 0.465 e. The molecular formula is C27H36N4O3. The molecule has 2 aromatic rings. The highest BCUT2D eigenvalue weighted by Gasteiger charge is 2.41. The summed E-state index contributed by atoms with van der Waals surface area (Å²) in [5, 5.41) is 9.49. The second-order valence-electron chi connectivity index (χ2n) is 10.2. The third-order valence-electron chi connectivity index (χ3n) is 7.21. The summed E-state index contributed by atoms with van der Waals surface area (Å²) in [6.07, 6.45) is 4.47. The van der Waals surface area contributed by atoms with E-state index >= 15 is 0 Å². The highest BCUT2D eigenvalue weighted by Crippen LogP contribution is 2.37. The number of carbonyl (C=O) groups excluding carboxylic acids is 1. The van der Waals surface area contributed by atoms with E-state index in [0.717, 1.165) is 24.2 Å². The Bertz CT molecular complexity index is 1000. The molecule has 182 valence electrons. The van der Waals surface area contributed by atoms with Crippen molar-refractivity contribution in [3.63, 3.8) is 0 Å². The molecule has 0 spiro atoms. The molecule has 7 heteroatoms. The fourth-order valence-corrected chi connectivity index (χ4v) is 5.07. The van der Waals surface area contributed by atoms with Crippen LogP contribution in [0.5, 0.6) is 0 Å². The summed E-state index contributed by atoms with van der Waals surface area (Å²) in [7, 11) is 3.50. The molecule has 1 aliphatic heterocycles. The Kier molecular flexibility index (Phi) is 7.22. The molecule has 2 heterocycles. The van der Waals surface area contributed by atoms with Crippen LogP contribution in [0.25, 0.3) is 11.3 Å². The van der Waals surface area contributed by atoms with Gasteiger partial charge in [-0.15, -0.1) is 0 Å². The quantitative estimate of drug-likeness (QED) is 0.656. The molecule has 2 unspecified atom stereocenters. The number of hydrogen-bond acceptors (Lipinski definition) is 4. The van der Waals surface area contributed by atoms with Crippen LogP contribution < -0.4 is 0 Å². The molecule has 0 bridgehead atoms. The van der Waals surface area contributed by atoms with Gasteiger partial charge in [0, 0.05) is 63.1 Å². The van der Waals surface area contributed by atoms with Gasteiger partial charge >= 0.3 is 6.09 Å². The topological polar surface area (TPSA) is 77.0 Å². The molecule has 1 aliphatic carbocycles. The van der Waals surface area contributed by atoms with Crippen molar-refractivity contribution in [2.24, 2.45) is 11.8 Å². The number of nitrogens with zero attached hydrogens (tertiary/aromatic N) is 4. The predicted molar refractivity (Wildman–Crippen MR) is 133 cm³/mol. The van der Waals surface area contributed by atoms with Crippen molar-refractivity contribution in [1.82, 2.24) is 19.7 Å². The Hall–Kier alpha value is -2.93. The van der Waals surface area contributed by atoms with E-state index in [2.05, 4.69) is 30.9 Å². The average molecular weight is 465 g/mol. The van der Waals surface area contributed by atoms with E-state index in [1.807, 2.05) is 30.5 Å². The summed E-state index contributed by atoms with van der Waals surface area (Å²) in [4.78, 5) is 34.2. The van der Waals surface area contributed by atoms with Crippen LogP contribution in [-0.4, -0.2) is 76.1 Å². The van der Waals surface area contributed by atoms with E-state index < -0.39 is 6.09 Å². The Morgan fingerprint density at radius 3 is 2.32 bits per heavy atom. The fraction of sp³-hybridized carbons (Fsp3) is 0.519. The van der Waals surface area contributed by atoms with Gasteiger partial charge in [0.1, 0.15) is 0 Å². The zero-order chi connectivity index (χ0) is 24.4. The lowest BCUT2D eigenvalue weighted by Crippen LogP contribution is -2.54. The molecule has 2 aliphatic rings. The lowest BCUT2D eigenvalue weighted by molar-refractivity contribution is 0.0279. The molecular weight excluding hydrogens is 428 g/mol. The highest BCUT2D eigenvalue weighted by molar-refractivity contribution is 5.94. The van der Waals surface area contributed by atoms with E-state index in [1.54, 1.807) is 23.9 Å². The van der Waals surface area contributed by atoms with Crippen LogP contribution in [0.1, 0.15) is 49.0 Å². The molecule has 1 saturated carbocycles. The van der Waals surface area contributed by atoms with Crippen molar-refractivity contribution in [1.29, 1.82) is 0 Å². The third kappa shape index (κ3) is 5.41. The molecule has 0 radical (unpaired) electrons. The van der Waals surface area contributed by atoms with E-state index in [4.69, 9.17) is 4.98 Å². The van der Waals surface area contributed by atoms with E-state index in [1.165, 1.54) is 18.4 Å².